The van der Waals surface area contributed by atoms with Gasteiger partial charge in [0, 0.05) is 33.0 Å². The highest BCUT2D eigenvalue weighted by molar-refractivity contribution is 6.09. The highest BCUT2D eigenvalue weighted by Crippen LogP contribution is 2.63. The first kappa shape index (κ1) is 21.3. The molecular formula is C33H30N2O. The zero-order valence-corrected chi connectivity index (χ0v) is 21.2. The predicted octanol–water partition coefficient (Wildman–Crippen LogP) is 8.99. The van der Waals surface area contributed by atoms with E-state index >= 15 is 0 Å². The Balaban J connectivity index is 1.56. The summed E-state index contributed by atoms with van der Waals surface area (Å²) >= 11 is 0. The number of para-hydroxylation sites is 4. The quantitative estimate of drug-likeness (QED) is 0.240. The van der Waals surface area contributed by atoms with Crippen LogP contribution in [0.25, 0.3) is 21.9 Å². The molecule has 0 N–H and O–H groups in total. The number of furan rings is 1. The van der Waals surface area contributed by atoms with E-state index in [2.05, 4.69) is 129 Å². The Kier molecular flexibility index (Phi) is 4.17. The molecule has 36 heavy (non-hydrogen) atoms. The van der Waals surface area contributed by atoms with Crippen LogP contribution in [0.5, 0.6) is 0 Å². The van der Waals surface area contributed by atoms with Gasteiger partial charge in [-0.25, -0.2) is 0 Å². The fourth-order valence-electron chi connectivity index (χ4n) is 6.77. The highest BCUT2D eigenvalue weighted by atomic mass is 16.3. The van der Waals surface area contributed by atoms with Crippen LogP contribution >= 0.6 is 0 Å². The molecule has 0 amide bonds. The lowest BCUT2D eigenvalue weighted by Crippen LogP contribution is -2.60. The molecule has 3 nitrogen and oxygen atoms in total. The van der Waals surface area contributed by atoms with E-state index in [0.717, 1.165) is 11.2 Å². The minimum absolute atomic E-state index is 0.0714. The Morgan fingerprint density at radius 1 is 0.722 bits per heavy atom. The van der Waals surface area contributed by atoms with Gasteiger partial charge in [0.1, 0.15) is 17.3 Å². The second-order valence-electron chi connectivity index (χ2n) is 10.9. The lowest BCUT2D eigenvalue weighted by Gasteiger charge is -2.57. The van der Waals surface area contributed by atoms with E-state index in [1.807, 2.05) is 6.07 Å². The number of allylic oxidation sites excluding steroid dienone is 1. The largest absolute Gasteiger partial charge is 0.456 e. The van der Waals surface area contributed by atoms with Gasteiger partial charge in [-0.05, 0) is 54.4 Å². The van der Waals surface area contributed by atoms with Gasteiger partial charge in [-0.3, -0.25) is 0 Å². The first-order chi connectivity index (χ1) is 17.4. The normalized spacial score (nSPS) is 21.9. The number of hydrogen-bond donors (Lipinski definition) is 0. The third kappa shape index (κ3) is 2.43. The van der Waals surface area contributed by atoms with Gasteiger partial charge in [-0.2, -0.15) is 0 Å². The molecule has 0 bridgehead atoms. The molecule has 2 atom stereocenters. The number of nitrogens with zero attached hydrogens (tertiary/aromatic N) is 2. The summed E-state index contributed by atoms with van der Waals surface area (Å²) in [5, 5.41) is 2.36. The smallest absolute Gasteiger partial charge is 0.135 e. The van der Waals surface area contributed by atoms with Crippen LogP contribution in [0.4, 0.5) is 22.7 Å². The van der Waals surface area contributed by atoms with Crippen LogP contribution in [0, 0.1) is 12.3 Å². The summed E-state index contributed by atoms with van der Waals surface area (Å²) < 4.78 is 6.22. The van der Waals surface area contributed by atoms with Crippen LogP contribution in [0.15, 0.2) is 102 Å². The molecule has 2 aliphatic heterocycles. The Labute approximate surface area is 212 Å². The van der Waals surface area contributed by atoms with E-state index in [9.17, 15) is 0 Å². The van der Waals surface area contributed by atoms with Crippen LogP contribution < -0.4 is 9.80 Å². The van der Waals surface area contributed by atoms with Crippen LogP contribution in [0.2, 0.25) is 0 Å². The van der Waals surface area contributed by atoms with Gasteiger partial charge in [0.15, 0.2) is 0 Å². The lowest BCUT2D eigenvalue weighted by molar-refractivity contribution is 0.171. The minimum Gasteiger partial charge on any atom is -0.456 e. The lowest BCUT2D eigenvalue weighted by atomic mass is 9.58. The molecule has 1 aromatic heterocycles. The average molecular weight is 471 g/mol. The van der Waals surface area contributed by atoms with Crippen molar-refractivity contribution in [3.05, 3.63) is 109 Å². The van der Waals surface area contributed by atoms with E-state index in [0.29, 0.717) is 0 Å². The van der Waals surface area contributed by atoms with Gasteiger partial charge in [0.25, 0.3) is 0 Å². The molecule has 3 heterocycles. The number of rotatable bonds is 2. The zero-order valence-electron chi connectivity index (χ0n) is 21.2. The van der Waals surface area contributed by atoms with Crippen LogP contribution in [-0.4, -0.2) is 6.17 Å². The van der Waals surface area contributed by atoms with Crippen molar-refractivity contribution >= 4 is 44.7 Å². The molecule has 2 unspecified atom stereocenters. The first-order valence-electron chi connectivity index (χ1n) is 12.7. The van der Waals surface area contributed by atoms with Crippen molar-refractivity contribution in [3.8, 4) is 0 Å². The van der Waals surface area contributed by atoms with Crippen LogP contribution in [-0.2, 0) is 5.41 Å². The molecular weight excluding hydrogens is 440 g/mol. The Bertz CT molecular complexity index is 1690. The molecule has 0 saturated heterocycles. The summed E-state index contributed by atoms with van der Waals surface area (Å²) in [6.45, 7) is 13.7. The maximum Gasteiger partial charge on any atom is 0.135 e. The van der Waals surface area contributed by atoms with Crippen molar-refractivity contribution in [2.75, 3.05) is 9.80 Å². The molecule has 0 aliphatic carbocycles. The molecule has 0 saturated carbocycles. The molecule has 0 fully saturated rings. The number of benzene rings is 4. The Morgan fingerprint density at radius 3 is 2.06 bits per heavy atom. The monoisotopic (exact) mass is 470 g/mol. The first-order valence-corrected chi connectivity index (χ1v) is 12.7. The van der Waals surface area contributed by atoms with Gasteiger partial charge >= 0.3 is 0 Å². The van der Waals surface area contributed by atoms with Gasteiger partial charge in [-0.1, -0.05) is 75.4 Å². The Morgan fingerprint density at radius 2 is 1.33 bits per heavy atom. The number of fused-ring (bicyclic) bond motifs is 8. The second kappa shape index (κ2) is 7.04. The van der Waals surface area contributed by atoms with Gasteiger partial charge in [0.05, 0.1) is 11.4 Å². The third-order valence-electron chi connectivity index (χ3n) is 9.04. The summed E-state index contributed by atoms with van der Waals surface area (Å²) in [4.78, 5) is 5.11. The van der Waals surface area contributed by atoms with Crippen LogP contribution in [0.1, 0.15) is 31.9 Å². The standard InChI is InChI=1S/C33H30N2O/c1-6-33(5)23-14-8-9-15-25(23)35-27-17-11-10-16-26(27)34(31(35)32(33,3)4)24-19-20-29-30(21(24)2)22-13-7-12-18-28(22)36-29/h6-20,31H,1H2,2-5H3. The minimum atomic E-state index is -0.217. The number of anilines is 4. The summed E-state index contributed by atoms with van der Waals surface area (Å²) in [5.74, 6) is 0. The maximum atomic E-state index is 6.22. The average Bonchev–Trinajstić information content (AvgIpc) is 3.45. The van der Waals surface area contributed by atoms with Crippen molar-refractivity contribution in [2.45, 2.75) is 39.3 Å². The third-order valence-corrected chi connectivity index (χ3v) is 9.04. The number of hydrogen-bond acceptors (Lipinski definition) is 3. The molecule has 7 rings (SSSR count). The van der Waals surface area contributed by atoms with Crippen molar-refractivity contribution in [1.29, 1.82) is 0 Å². The SMILES string of the molecule is C=CC1(C)c2ccccc2N2c3ccccc3N(c3ccc4oc5ccccc5c4c3C)C2C1(C)C. The summed E-state index contributed by atoms with van der Waals surface area (Å²) in [6.07, 6.45) is 2.23. The molecule has 3 heteroatoms. The van der Waals surface area contributed by atoms with Gasteiger partial charge in [0.2, 0.25) is 0 Å². The molecule has 0 radical (unpaired) electrons. The molecule has 0 spiro atoms. The van der Waals surface area contributed by atoms with Gasteiger partial charge in [-0.15, -0.1) is 6.58 Å². The predicted molar refractivity (Wildman–Crippen MR) is 151 cm³/mol. The van der Waals surface area contributed by atoms with E-state index in [1.54, 1.807) is 0 Å². The van der Waals surface area contributed by atoms with Crippen LogP contribution in [0.3, 0.4) is 0 Å². The van der Waals surface area contributed by atoms with E-state index < -0.39 is 0 Å². The maximum absolute atomic E-state index is 6.22. The van der Waals surface area contributed by atoms with E-state index in [4.69, 9.17) is 4.42 Å². The summed E-state index contributed by atoms with van der Waals surface area (Å²) in [7, 11) is 0. The zero-order chi connectivity index (χ0) is 24.8. The van der Waals surface area contributed by atoms with Crippen molar-refractivity contribution in [3.63, 3.8) is 0 Å². The fourth-order valence-corrected chi connectivity index (χ4v) is 6.77. The van der Waals surface area contributed by atoms with Crippen molar-refractivity contribution in [2.24, 2.45) is 5.41 Å². The van der Waals surface area contributed by atoms with E-state index in [-0.39, 0.29) is 17.0 Å². The fraction of sp³-hybridized carbons (Fsp3) is 0.212. The number of aryl methyl sites for hydroxylation is 1. The Hall–Kier alpha value is -3.98. The summed E-state index contributed by atoms with van der Waals surface area (Å²) in [6, 6.07) is 30.4. The van der Waals surface area contributed by atoms with Crippen molar-refractivity contribution in [1.82, 2.24) is 0 Å². The van der Waals surface area contributed by atoms with Gasteiger partial charge < -0.3 is 14.2 Å². The molecule has 4 aromatic carbocycles. The summed E-state index contributed by atoms with van der Waals surface area (Å²) in [5.41, 5.74) is 9.00. The molecule has 5 aromatic rings. The van der Waals surface area contributed by atoms with E-state index in [1.165, 1.54) is 44.6 Å². The molecule has 2 aliphatic rings. The molecule has 178 valence electrons. The topological polar surface area (TPSA) is 19.6 Å². The van der Waals surface area contributed by atoms with Crippen molar-refractivity contribution < 1.29 is 4.42 Å². The second-order valence-corrected chi connectivity index (χ2v) is 10.9. The highest BCUT2D eigenvalue weighted by Gasteiger charge is 2.58.